The first-order chi connectivity index (χ1) is 5.34. The maximum Gasteiger partial charge on any atom is 0.0398 e. The molecule has 0 fully saturated rings. The minimum Gasteiger partial charge on any atom is -0.388 e. The van der Waals surface area contributed by atoms with Gasteiger partial charge in [0.25, 0.3) is 0 Å². The average molecular weight is 152 g/mol. The van der Waals surface area contributed by atoms with Gasteiger partial charge in [-0.05, 0) is 18.6 Å². The summed E-state index contributed by atoms with van der Waals surface area (Å²) in [5, 5.41) is 3.06. The minimum atomic E-state index is 1.14. The molecule has 1 aromatic rings. The van der Waals surface area contributed by atoms with Crippen LogP contribution in [0.3, 0.4) is 0 Å². The maximum absolute atomic E-state index is 3.95. The molecule has 11 heavy (non-hydrogen) atoms. The van der Waals surface area contributed by atoms with Gasteiger partial charge < -0.3 is 5.32 Å². The van der Waals surface area contributed by atoms with Crippen LogP contribution >= 0.6 is 0 Å². The van der Waals surface area contributed by atoms with E-state index in [1.807, 2.05) is 40.1 Å². The molecule has 0 aliphatic carbocycles. The third-order valence-corrected chi connectivity index (χ3v) is 1.29. The molecule has 0 saturated heterocycles. The van der Waals surface area contributed by atoms with Gasteiger partial charge in [-0.15, -0.1) is 0 Å². The Morgan fingerprint density at radius 1 is 1.36 bits per heavy atom. The molecular formula is C9H16N2. The quantitative estimate of drug-likeness (QED) is 0.668. The fourth-order valence-electron chi connectivity index (χ4n) is 0.754. The molecule has 0 aliphatic heterocycles. The molecular weight excluding hydrogens is 136 g/mol. The standard InChI is InChI=1S/C7H10N2.C2H6/c1-6-5-9-4-3-7(6)8-2;1-2/h3-5H,1-2H3,(H,8,9);1-2H3. The molecule has 0 radical (unpaired) electrons. The molecule has 1 rings (SSSR count). The molecule has 0 atom stereocenters. The summed E-state index contributed by atoms with van der Waals surface area (Å²) in [5.41, 5.74) is 2.32. The van der Waals surface area contributed by atoms with E-state index in [0.29, 0.717) is 0 Å². The van der Waals surface area contributed by atoms with Crippen LogP contribution in [-0.4, -0.2) is 12.0 Å². The van der Waals surface area contributed by atoms with E-state index >= 15 is 0 Å². The second-order valence-corrected chi connectivity index (χ2v) is 1.94. The zero-order valence-electron chi connectivity index (χ0n) is 7.68. The Hall–Kier alpha value is -1.05. The zero-order chi connectivity index (χ0) is 8.69. The third-order valence-electron chi connectivity index (χ3n) is 1.29. The smallest absolute Gasteiger partial charge is 0.0398 e. The van der Waals surface area contributed by atoms with Crippen LogP contribution in [0, 0.1) is 6.92 Å². The van der Waals surface area contributed by atoms with E-state index in [1.165, 1.54) is 5.56 Å². The highest BCUT2D eigenvalue weighted by molar-refractivity contribution is 5.47. The van der Waals surface area contributed by atoms with Gasteiger partial charge in [0.2, 0.25) is 0 Å². The van der Waals surface area contributed by atoms with Gasteiger partial charge in [-0.25, -0.2) is 0 Å². The average Bonchev–Trinajstić information content (AvgIpc) is 2.09. The van der Waals surface area contributed by atoms with Crippen molar-refractivity contribution in [2.75, 3.05) is 12.4 Å². The number of nitrogens with zero attached hydrogens (tertiary/aromatic N) is 1. The lowest BCUT2D eigenvalue weighted by Crippen LogP contribution is -1.90. The molecule has 2 nitrogen and oxygen atoms in total. The summed E-state index contributed by atoms with van der Waals surface area (Å²) in [6.07, 6.45) is 3.62. The first-order valence-corrected chi connectivity index (χ1v) is 3.93. The molecule has 0 saturated carbocycles. The van der Waals surface area contributed by atoms with Crippen molar-refractivity contribution < 1.29 is 0 Å². The number of aromatic nitrogens is 1. The van der Waals surface area contributed by atoms with Crippen molar-refractivity contribution >= 4 is 5.69 Å². The van der Waals surface area contributed by atoms with Crippen LogP contribution in [-0.2, 0) is 0 Å². The van der Waals surface area contributed by atoms with Crippen molar-refractivity contribution in [1.29, 1.82) is 0 Å². The number of pyridine rings is 1. The van der Waals surface area contributed by atoms with Gasteiger partial charge >= 0.3 is 0 Å². The molecule has 1 aromatic heterocycles. The van der Waals surface area contributed by atoms with Crippen LogP contribution in [0.5, 0.6) is 0 Å². The third kappa shape index (κ3) is 3.03. The molecule has 0 spiro atoms. The summed E-state index contributed by atoms with van der Waals surface area (Å²) < 4.78 is 0. The highest BCUT2D eigenvalue weighted by atomic mass is 14.8. The lowest BCUT2D eigenvalue weighted by Gasteiger charge is -2.00. The Bertz CT molecular complexity index is 197. The second kappa shape index (κ2) is 5.71. The first kappa shape index (κ1) is 9.95. The van der Waals surface area contributed by atoms with Gasteiger partial charge in [0, 0.05) is 25.1 Å². The first-order valence-electron chi connectivity index (χ1n) is 3.93. The maximum atomic E-state index is 3.95. The Kier molecular flexibility index (Phi) is 5.17. The fraction of sp³-hybridized carbons (Fsp3) is 0.444. The van der Waals surface area contributed by atoms with Gasteiger partial charge in [0.05, 0.1) is 0 Å². The predicted molar refractivity (Wildman–Crippen MR) is 49.9 cm³/mol. The van der Waals surface area contributed by atoms with Crippen molar-refractivity contribution in [2.24, 2.45) is 0 Å². The van der Waals surface area contributed by atoms with Crippen molar-refractivity contribution in [3.8, 4) is 0 Å². The number of rotatable bonds is 1. The summed E-state index contributed by atoms with van der Waals surface area (Å²) in [6, 6.07) is 1.95. The van der Waals surface area contributed by atoms with E-state index in [0.717, 1.165) is 5.69 Å². The molecule has 0 unspecified atom stereocenters. The number of hydrogen-bond donors (Lipinski definition) is 1. The van der Waals surface area contributed by atoms with Gasteiger partial charge in [-0.2, -0.15) is 0 Å². The molecule has 1 N–H and O–H groups in total. The molecule has 0 aliphatic rings. The van der Waals surface area contributed by atoms with Crippen LogP contribution in [0.25, 0.3) is 0 Å². The van der Waals surface area contributed by atoms with E-state index < -0.39 is 0 Å². The monoisotopic (exact) mass is 152 g/mol. The summed E-state index contributed by atoms with van der Waals surface area (Å²) >= 11 is 0. The molecule has 2 heteroatoms. The Morgan fingerprint density at radius 3 is 2.36 bits per heavy atom. The second-order valence-electron chi connectivity index (χ2n) is 1.94. The van der Waals surface area contributed by atoms with Gasteiger partial charge in [0.15, 0.2) is 0 Å². The minimum absolute atomic E-state index is 1.14. The fourth-order valence-corrected chi connectivity index (χ4v) is 0.754. The number of nitrogens with one attached hydrogen (secondary N) is 1. The lowest BCUT2D eigenvalue weighted by molar-refractivity contribution is 1.26. The van der Waals surface area contributed by atoms with Crippen molar-refractivity contribution in [3.63, 3.8) is 0 Å². The predicted octanol–water partition coefficient (Wildman–Crippen LogP) is 2.46. The van der Waals surface area contributed by atoms with Crippen LogP contribution < -0.4 is 5.32 Å². The van der Waals surface area contributed by atoms with Crippen LogP contribution in [0.1, 0.15) is 19.4 Å². The van der Waals surface area contributed by atoms with Crippen molar-refractivity contribution in [1.82, 2.24) is 4.98 Å². The van der Waals surface area contributed by atoms with E-state index in [-0.39, 0.29) is 0 Å². The van der Waals surface area contributed by atoms with Crippen LogP contribution in [0.2, 0.25) is 0 Å². The van der Waals surface area contributed by atoms with Gasteiger partial charge in [-0.1, -0.05) is 13.8 Å². The SMILES string of the molecule is CC.CNc1ccncc1C. The summed E-state index contributed by atoms with van der Waals surface area (Å²) in [7, 11) is 1.91. The van der Waals surface area contributed by atoms with Crippen molar-refractivity contribution in [3.05, 3.63) is 24.0 Å². The summed E-state index contributed by atoms with van der Waals surface area (Å²) in [4.78, 5) is 3.95. The van der Waals surface area contributed by atoms with Crippen LogP contribution in [0.15, 0.2) is 18.5 Å². The summed E-state index contributed by atoms with van der Waals surface area (Å²) in [6.45, 7) is 6.03. The van der Waals surface area contributed by atoms with Gasteiger partial charge in [-0.3, -0.25) is 4.98 Å². The van der Waals surface area contributed by atoms with Gasteiger partial charge in [0.1, 0.15) is 0 Å². The molecule has 1 heterocycles. The highest BCUT2D eigenvalue weighted by Crippen LogP contribution is 2.08. The topological polar surface area (TPSA) is 24.9 Å². The van der Waals surface area contributed by atoms with E-state index in [2.05, 4.69) is 10.3 Å². The summed E-state index contributed by atoms with van der Waals surface area (Å²) in [5.74, 6) is 0. The molecule has 0 bridgehead atoms. The zero-order valence-corrected chi connectivity index (χ0v) is 7.68. The Labute approximate surface area is 68.7 Å². The normalized spacial score (nSPS) is 8.00. The van der Waals surface area contributed by atoms with E-state index in [4.69, 9.17) is 0 Å². The Morgan fingerprint density at radius 2 is 2.00 bits per heavy atom. The molecule has 62 valence electrons. The van der Waals surface area contributed by atoms with Crippen LogP contribution in [0.4, 0.5) is 5.69 Å². The number of anilines is 1. The largest absolute Gasteiger partial charge is 0.388 e. The number of hydrogen-bond acceptors (Lipinski definition) is 2. The number of aryl methyl sites for hydroxylation is 1. The lowest BCUT2D eigenvalue weighted by atomic mass is 10.3. The molecule has 0 aromatic carbocycles. The van der Waals surface area contributed by atoms with E-state index in [9.17, 15) is 0 Å². The van der Waals surface area contributed by atoms with E-state index in [1.54, 1.807) is 6.20 Å². The molecule has 0 amide bonds. The van der Waals surface area contributed by atoms with Crippen molar-refractivity contribution in [2.45, 2.75) is 20.8 Å². The highest BCUT2D eigenvalue weighted by Gasteiger charge is 1.89. The Balaban J connectivity index is 0.000000461.